The summed E-state index contributed by atoms with van der Waals surface area (Å²) in [5.74, 6) is 0.718. The van der Waals surface area contributed by atoms with Gasteiger partial charge in [0, 0.05) is 15.5 Å². The summed E-state index contributed by atoms with van der Waals surface area (Å²) in [5.41, 5.74) is 1.27. The maximum absolute atomic E-state index is 6.47. The molecule has 3 heteroatoms. The van der Waals surface area contributed by atoms with Crippen LogP contribution in [0, 0.1) is 5.92 Å². The van der Waals surface area contributed by atoms with Crippen molar-refractivity contribution >= 4 is 27.5 Å². The molecule has 1 unspecified atom stereocenters. The third kappa shape index (κ3) is 4.47. The summed E-state index contributed by atoms with van der Waals surface area (Å²) in [6.07, 6.45) is 9.32. The van der Waals surface area contributed by atoms with Crippen molar-refractivity contribution in [2.45, 2.75) is 57.9 Å². The summed E-state index contributed by atoms with van der Waals surface area (Å²) in [6.45, 7) is 3.28. The summed E-state index contributed by atoms with van der Waals surface area (Å²) in [4.78, 5) is 0. The van der Waals surface area contributed by atoms with Gasteiger partial charge in [-0.25, -0.2) is 0 Å². The first-order valence-corrected chi connectivity index (χ1v) is 9.07. The Kier molecular flexibility index (Phi) is 6.86. The summed E-state index contributed by atoms with van der Waals surface area (Å²) in [6, 6.07) is 6.63. The average molecular weight is 359 g/mol. The lowest BCUT2D eigenvalue weighted by Gasteiger charge is -2.28. The van der Waals surface area contributed by atoms with Crippen molar-refractivity contribution < 1.29 is 0 Å². The normalized spacial score (nSPS) is 18.8. The number of benzene rings is 1. The van der Waals surface area contributed by atoms with Crippen LogP contribution in [0.4, 0.5) is 0 Å². The van der Waals surface area contributed by atoms with Gasteiger partial charge < -0.3 is 5.32 Å². The van der Waals surface area contributed by atoms with E-state index in [1.165, 1.54) is 44.1 Å². The lowest BCUT2D eigenvalue weighted by molar-refractivity contribution is 0.326. The smallest absolute Gasteiger partial charge is 0.0454 e. The lowest BCUT2D eigenvalue weighted by Crippen LogP contribution is -2.29. The standard InChI is InChI=1S/C17H25BrClN/c1-2-11-20-17(13-7-5-3-4-6-8-13)15-12-14(18)9-10-16(15)19/h9-10,12-13,17,20H,2-8,11H2,1H3. The minimum absolute atomic E-state index is 0.401. The molecule has 0 amide bonds. The minimum Gasteiger partial charge on any atom is -0.310 e. The Morgan fingerprint density at radius 1 is 1.25 bits per heavy atom. The second-order valence-electron chi connectivity index (χ2n) is 5.85. The van der Waals surface area contributed by atoms with Gasteiger partial charge in [0.25, 0.3) is 0 Å². The molecule has 1 aliphatic rings. The van der Waals surface area contributed by atoms with Crippen LogP contribution < -0.4 is 5.32 Å². The molecule has 0 aromatic heterocycles. The maximum Gasteiger partial charge on any atom is 0.0454 e. The Morgan fingerprint density at radius 3 is 2.60 bits per heavy atom. The molecule has 1 aromatic rings. The molecule has 1 saturated carbocycles. The van der Waals surface area contributed by atoms with Crippen LogP contribution in [0.2, 0.25) is 5.02 Å². The molecular weight excluding hydrogens is 334 g/mol. The van der Waals surface area contributed by atoms with Gasteiger partial charge in [0.1, 0.15) is 0 Å². The van der Waals surface area contributed by atoms with Gasteiger partial charge in [-0.2, -0.15) is 0 Å². The molecule has 0 bridgehead atoms. The van der Waals surface area contributed by atoms with Crippen molar-refractivity contribution in [3.8, 4) is 0 Å². The van der Waals surface area contributed by atoms with Gasteiger partial charge in [0.05, 0.1) is 0 Å². The van der Waals surface area contributed by atoms with Crippen LogP contribution in [-0.4, -0.2) is 6.54 Å². The minimum atomic E-state index is 0.401. The molecule has 1 nitrogen and oxygen atoms in total. The van der Waals surface area contributed by atoms with E-state index in [4.69, 9.17) is 11.6 Å². The second-order valence-corrected chi connectivity index (χ2v) is 7.17. The fraction of sp³-hybridized carbons (Fsp3) is 0.647. The van der Waals surface area contributed by atoms with Crippen molar-refractivity contribution in [2.75, 3.05) is 6.54 Å². The van der Waals surface area contributed by atoms with Crippen molar-refractivity contribution in [1.29, 1.82) is 0 Å². The third-order valence-electron chi connectivity index (χ3n) is 4.28. The summed E-state index contributed by atoms with van der Waals surface area (Å²) in [5, 5.41) is 4.64. The zero-order chi connectivity index (χ0) is 14.4. The van der Waals surface area contributed by atoms with E-state index >= 15 is 0 Å². The van der Waals surface area contributed by atoms with Gasteiger partial charge in [-0.15, -0.1) is 0 Å². The van der Waals surface area contributed by atoms with Crippen LogP contribution in [-0.2, 0) is 0 Å². The second kappa shape index (κ2) is 8.41. The summed E-state index contributed by atoms with van der Waals surface area (Å²) < 4.78 is 1.12. The number of hydrogen-bond donors (Lipinski definition) is 1. The van der Waals surface area contributed by atoms with E-state index in [0.29, 0.717) is 6.04 Å². The van der Waals surface area contributed by atoms with Gasteiger partial charge >= 0.3 is 0 Å². The molecule has 0 radical (unpaired) electrons. The molecular formula is C17H25BrClN. The van der Waals surface area contributed by atoms with Gasteiger partial charge in [0.15, 0.2) is 0 Å². The van der Waals surface area contributed by atoms with Crippen molar-refractivity contribution in [2.24, 2.45) is 5.92 Å². The van der Waals surface area contributed by atoms with E-state index < -0.39 is 0 Å². The molecule has 1 aromatic carbocycles. The Balaban J connectivity index is 2.22. The van der Waals surface area contributed by atoms with Crippen LogP contribution in [0.25, 0.3) is 0 Å². The van der Waals surface area contributed by atoms with Crippen LogP contribution in [0.1, 0.15) is 63.5 Å². The molecule has 20 heavy (non-hydrogen) atoms. The number of rotatable bonds is 5. The highest BCUT2D eigenvalue weighted by molar-refractivity contribution is 9.10. The first kappa shape index (κ1) is 16.3. The molecule has 0 spiro atoms. The fourth-order valence-electron chi connectivity index (χ4n) is 3.23. The van der Waals surface area contributed by atoms with Crippen molar-refractivity contribution in [3.05, 3.63) is 33.3 Å². The van der Waals surface area contributed by atoms with Gasteiger partial charge in [0.2, 0.25) is 0 Å². The monoisotopic (exact) mass is 357 g/mol. The van der Waals surface area contributed by atoms with Crippen LogP contribution in [0.5, 0.6) is 0 Å². The predicted octanol–water partition coefficient (Wildman–Crippen LogP) is 6.11. The maximum atomic E-state index is 6.47. The molecule has 2 rings (SSSR count). The molecule has 1 N–H and O–H groups in total. The first-order chi connectivity index (χ1) is 9.72. The zero-order valence-electron chi connectivity index (χ0n) is 12.3. The number of halogens is 2. The van der Waals surface area contributed by atoms with E-state index in [1.807, 2.05) is 12.1 Å². The third-order valence-corrected chi connectivity index (χ3v) is 5.12. The van der Waals surface area contributed by atoms with Crippen LogP contribution in [0.15, 0.2) is 22.7 Å². The first-order valence-electron chi connectivity index (χ1n) is 7.90. The number of hydrogen-bond acceptors (Lipinski definition) is 1. The Labute approximate surface area is 136 Å². The van der Waals surface area contributed by atoms with Gasteiger partial charge in [-0.1, -0.05) is 60.1 Å². The Hall–Kier alpha value is -0.0500. The molecule has 1 aliphatic carbocycles. The average Bonchev–Trinajstić information content (AvgIpc) is 2.72. The predicted molar refractivity (Wildman–Crippen MR) is 91.4 cm³/mol. The van der Waals surface area contributed by atoms with E-state index in [0.717, 1.165) is 28.4 Å². The summed E-state index contributed by atoms with van der Waals surface area (Å²) in [7, 11) is 0. The van der Waals surface area contributed by atoms with Gasteiger partial charge in [-0.3, -0.25) is 0 Å². The topological polar surface area (TPSA) is 12.0 Å². The molecule has 1 atom stereocenters. The van der Waals surface area contributed by atoms with Crippen molar-refractivity contribution in [3.63, 3.8) is 0 Å². The lowest BCUT2D eigenvalue weighted by atomic mass is 9.87. The quantitative estimate of drug-likeness (QED) is 0.626. The highest BCUT2D eigenvalue weighted by Crippen LogP contribution is 2.37. The Bertz CT molecular complexity index is 413. The largest absolute Gasteiger partial charge is 0.310 e. The molecule has 0 heterocycles. The molecule has 112 valence electrons. The molecule has 0 saturated heterocycles. The molecule has 0 aliphatic heterocycles. The zero-order valence-corrected chi connectivity index (χ0v) is 14.6. The van der Waals surface area contributed by atoms with E-state index in [-0.39, 0.29) is 0 Å². The van der Waals surface area contributed by atoms with E-state index in [9.17, 15) is 0 Å². The van der Waals surface area contributed by atoms with Gasteiger partial charge in [-0.05, 0) is 55.5 Å². The molecule has 1 fully saturated rings. The van der Waals surface area contributed by atoms with E-state index in [2.05, 4.69) is 34.2 Å². The van der Waals surface area contributed by atoms with Crippen molar-refractivity contribution in [1.82, 2.24) is 5.32 Å². The Morgan fingerprint density at radius 2 is 1.95 bits per heavy atom. The van der Waals surface area contributed by atoms with E-state index in [1.54, 1.807) is 0 Å². The number of nitrogens with one attached hydrogen (secondary N) is 1. The highest BCUT2D eigenvalue weighted by Gasteiger charge is 2.25. The van der Waals surface area contributed by atoms with Crippen LogP contribution >= 0.6 is 27.5 Å². The summed E-state index contributed by atoms with van der Waals surface area (Å²) >= 11 is 10.1. The highest BCUT2D eigenvalue weighted by atomic mass is 79.9. The van der Waals surface area contributed by atoms with Crippen LogP contribution in [0.3, 0.4) is 0 Å². The fourth-order valence-corrected chi connectivity index (χ4v) is 3.84. The SMILES string of the molecule is CCCNC(c1cc(Br)ccc1Cl)C1CCCCCC1.